The first-order valence-corrected chi connectivity index (χ1v) is 7.93. The highest BCUT2D eigenvalue weighted by atomic mass is 16.2. The molecule has 0 aromatic heterocycles. The van der Waals surface area contributed by atoms with Crippen molar-refractivity contribution < 1.29 is 4.79 Å². The van der Waals surface area contributed by atoms with E-state index in [0.29, 0.717) is 13.1 Å². The normalized spacial score (nSPS) is 14.3. The zero-order chi connectivity index (χ0) is 15.6. The summed E-state index contributed by atoms with van der Waals surface area (Å²) in [7, 11) is 0. The van der Waals surface area contributed by atoms with Crippen molar-refractivity contribution >= 4 is 5.91 Å². The number of carbonyl (C=O) groups is 1. The molecule has 3 heteroatoms. The maximum absolute atomic E-state index is 13.0. The number of nitrogens with one attached hydrogen (secondary N) is 1. The lowest BCUT2D eigenvalue weighted by molar-refractivity contribution is -0.125. The van der Waals surface area contributed by atoms with Gasteiger partial charge in [-0.15, -0.1) is 0 Å². The van der Waals surface area contributed by atoms with Gasteiger partial charge in [-0.05, 0) is 48.6 Å². The monoisotopic (exact) mass is 294 g/mol. The molecule has 0 radical (unpaired) electrons. The predicted molar refractivity (Wildman–Crippen MR) is 89.6 cm³/mol. The van der Waals surface area contributed by atoms with Gasteiger partial charge in [0.2, 0.25) is 5.91 Å². The minimum Gasteiger partial charge on any atom is -0.355 e. The van der Waals surface area contributed by atoms with Gasteiger partial charge in [-0.25, -0.2) is 0 Å². The van der Waals surface area contributed by atoms with Crippen LogP contribution >= 0.6 is 0 Å². The molecule has 0 saturated carbocycles. The van der Waals surface area contributed by atoms with Crippen molar-refractivity contribution in [3.63, 3.8) is 0 Å². The topological polar surface area (TPSA) is 55.1 Å². The smallest absolute Gasteiger partial charge is 0.235 e. The molecule has 114 valence electrons. The zero-order valence-electron chi connectivity index (χ0n) is 12.9. The van der Waals surface area contributed by atoms with Gasteiger partial charge in [-0.3, -0.25) is 4.79 Å². The van der Waals surface area contributed by atoms with E-state index in [2.05, 4.69) is 29.6 Å². The van der Waals surface area contributed by atoms with E-state index in [1.165, 1.54) is 11.1 Å². The second-order valence-corrected chi connectivity index (χ2v) is 5.75. The summed E-state index contributed by atoms with van der Waals surface area (Å²) in [4.78, 5) is 13.0. The summed E-state index contributed by atoms with van der Waals surface area (Å²) in [5.74, 6) is 0.0841. The highest BCUT2D eigenvalue weighted by Gasteiger charge is 2.47. The van der Waals surface area contributed by atoms with Gasteiger partial charge in [-0.2, -0.15) is 0 Å². The molecule has 0 fully saturated rings. The largest absolute Gasteiger partial charge is 0.355 e. The highest BCUT2D eigenvalue weighted by molar-refractivity contribution is 6.00. The molecule has 1 aliphatic carbocycles. The van der Waals surface area contributed by atoms with Crippen LogP contribution in [0.5, 0.6) is 0 Å². The molecule has 0 unspecified atom stereocenters. The fourth-order valence-electron chi connectivity index (χ4n) is 3.63. The minimum atomic E-state index is -0.609. The lowest BCUT2D eigenvalue weighted by Gasteiger charge is -2.30. The van der Waals surface area contributed by atoms with E-state index < -0.39 is 5.41 Å². The summed E-state index contributed by atoms with van der Waals surface area (Å²) < 4.78 is 0. The molecule has 2 aromatic carbocycles. The maximum Gasteiger partial charge on any atom is 0.235 e. The number of nitrogens with two attached hydrogens (primary N) is 1. The van der Waals surface area contributed by atoms with Crippen LogP contribution < -0.4 is 11.1 Å². The Labute approximate surface area is 131 Å². The molecule has 3 rings (SSSR count). The maximum atomic E-state index is 13.0. The Kier molecular flexibility index (Phi) is 3.99. The molecule has 22 heavy (non-hydrogen) atoms. The molecule has 3 nitrogen and oxygen atoms in total. The number of fused-ring (bicyclic) bond motifs is 3. The fraction of sp³-hybridized carbons (Fsp3) is 0.316. The second-order valence-electron chi connectivity index (χ2n) is 5.75. The lowest BCUT2D eigenvalue weighted by Crippen LogP contribution is -2.44. The van der Waals surface area contributed by atoms with Crippen molar-refractivity contribution in [2.45, 2.75) is 25.2 Å². The number of likely N-dealkylation sites (N-methyl/N-ethyl adjacent to an activating group) is 1. The van der Waals surface area contributed by atoms with Crippen LogP contribution in [0.1, 0.15) is 30.9 Å². The van der Waals surface area contributed by atoms with Crippen LogP contribution in [0, 0.1) is 0 Å². The molecule has 0 spiro atoms. The summed E-state index contributed by atoms with van der Waals surface area (Å²) >= 11 is 0. The first-order valence-electron chi connectivity index (χ1n) is 7.93. The van der Waals surface area contributed by atoms with Gasteiger partial charge in [0.1, 0.15) is 5.41 Å². The summed E-state index contributed by atoms with van der Waals surface area (Å²) in [5.41, 5.74) is 9.69. The Balaban J connectivity index is 2.25. The number of carbonyl (C=O) groups excluding carboxylic acids is 1. The van der Waals surface area contributed by atoms with Crippen molar-refractivity contribution in [2.75, 3.05) is 13.1 Å². The minimum absolute atomic E-state index is 0.0841. The number of hydrogen-bond acceptors (Lipinski definition) is 2. The van der Waals surface area contributed by atoms with Crippen LogP contribution in [0.4, 0.5) is 0 Å². The van der Waals surface area contributed by atoms with Gasteiger partial charge >= 0.3 is 0 Å². The lowest BCUT2D eigenvalue weighted by atomic mass is 9.73. The summed E-state index contributed by atoms with van der Waals surface area (Å²) in [6.45, 7) is 3.18. The van der Waals surface area contributed by atoms with Crippen LogP contribution in [0.2, 0.25) is 0 Å². The number of benzene rings is 2. The van der Waals surface area contributed by atoms with Crippen molar-refractivity contribution in [1.29, 1.82) is 0 Å². The van der Waals surface area contributed by atoms with Crippen LogP contribution in [0.25, 0.3) is 11.1 Å². The highest BCUT2D eigenvalue weighted by Crippen LogP contribution is 2.51. The molecule has 1 aliphatic rings. The quantitative estimate of drug-likeness (QED) is 0.891. The van der Waals surface area contributed by atoms with Gasteiger partial charge in [0.05, 0.1) is 0 Å². The van der Waals surface area contributed by atoms with Gasteiger partial charge in [0.15, 0.2) is 0 Å². The molecule has 0 saturated heterocycles. The second kappa shape index (κ2) is 5.93. The van der Waals surface area contributed by atoms with Gasteiger partial charge < -0.3 is 11.1 Å². The molecule has 0 atom stereocenters. The van der Waals surface area contributed by atoms with E-state index in [1.807, 2.05) is 31.2 Å². The first-order chi connectivity index (χ1) is 10.8. The van der Waals surface area contributed by atoms with E-state index in [-0.39, 0.29) is 5.91 Å². The average molecular weight is 294 g/mol. The van der Waals surface area contributed by atoms with E-state index in [0.717, 1.165) is 24.0 Å². The third kappa shape index (κ3) is 2.04. The standard InChI is InChI=1S/C19H22N2O/c1-2-21-18(22)19(12-7-13-20)16-10-5-3-8-14(16)15-9-4-6-11-17(15)19/h3-6,8-11H,2,7,12-13,20H2,1H3,(H,21,22). The van der Waals surface area contributed by atoms with E-state index >= 15 is 0 Å². The Bertz CT molecular complexity index is 648. The van der Waals surface area contributed by atoms with Crippen LogP contribution in [0.3, 0.4) is 0 Å². The third-order valence-corrected chi connectivity index (χ3v) is 4.54. The molecular weight excluding hydrogens is 272 g/mol. The Morgan fingerprint density at radius 2 is 1.59 bits per heavy atom. The Hall–Kier alpha value is -2.13. The first kappa shape index (κ1) is 14.8. The Morgan fingerprint density at radius 3 is 2.09 bits per heavy atom. The van der Waals surface area contributed by atoms with Gasteiger partial charge in [-0.1, -0.05) is 48.5 Å². The number of hydrogen-bond donors (Lipinski definition) is 2. The van der Waals surface area contributed by atoms with Crippen molar-refractivity contribution in [1.82, 2.24) is 5.32 Å². The third-order valence-electron chi connectivity index (χ3n) is 4.54. The van der Waals surface area contributed by atoms with E-state index in [9.17, 15) is 4.79 Å². The summed E-state index contributed by atoms with van der Waals surface area (Å²) in [5, 5.41) is 3.04. The van der Waals surface area contributed by atoms with Crippen LogP contribution in [-0.2, 0) is 10.2 Å². The van der Waals surface area contributed by atoms with Crippen LogP contribution in [0.15, 0.2) is 48.5 Å². The van der Waals surface area contributed by atoms with Gasteiger partial charge in [0, 0.05) is 6.54 Å². The molecule has 0 bridgehead atoms. The fourth-order valence-corrected chi connectivity index (χ4v) is 3.63. The molecule has 0 heterocycles. The summed E-state index contributed by atoms with van der Waals surface area (Å²) in [6, 6.07) is 16.5. The average Bonchev–Trinajstić information content (AvgIpc) is 2.85. The number of rotatable bonds is 5. The van der Waals surface area contributed by atoms with E-state index in [1.54, 1.807) is 0 Å². The SMILES string of the molecule is CCNC(=O)C1(CCCN)c2ccccc2-c2ccccc21. The molecule has 3 N–H and O–H groups in total. The van der Waals surface area contributed by atoms with Crippen LogP contribution in [-0.4, -0.2) is 19.0 Å². The molecule has 0 aliphatic heterocycles. The summed E-state index contributed by atoms with van der Waals surface area (Å²) in [6.07, 6.45) is 1.56. The Morgan fingerprint density at radius 1 is 1.05 bits per heavy atom. The van der Waals surface area contributed by atoms with E-state index in [4.69, 9.17) is 5.73 Å². The molecular formula is C19H22N2O. The van der Waals surface area contributed by atoms with Crippen molar-refractivity contribution in [3.8, 4) is 11.1 Å². The molecule has 1 amide bonds. The zero-order valence-corrected chi connectivity index (χ0v) is 12.9. The van der Waals surface area contributed by atoms with Gasteiger partial charge in [0.25, 0.3) is 0 Å². The molecule has 2 aromatic rings. The van der Waals surface area contributed by atoms with Crippen molar-refractivity contribution in [3.05, 3.63) is 59.7 Å². The predicted octanol–water partition coefficient (Wildman–Crippen LogP) is 2.83. The number of amides is 1. The van der Waals surface area contributed by atoms with Crippen molar-refractivity contribution in [2.24, 2.45) is 5.73 Å².